The number of H-pyrrole nitrogens is 4. The van der Waals surface area contributed by atoms with E-state index in [1.807, 2.05) is 94.1 Å². The number of hydrogen-bond acceptors (Lipinski definition) is 17. The van der Waals surface area contributed by atoms with Crippen LogP contribution in [0.5, 0.6) is 23.0 Å². The lowest BCUT2D eigenvalue weighted by molar-refractivity contribution is 0.293. The molecule has 8 N–H and O–H groups in total. The summed E-state index contributed by atoms with van der Waals surface area (Å²) in [5.74, 6) is 3.95. The van der Waals surface area contributed by atoms with Crippen LogP contribution in [0.1, 0.15) is 171 Å². The van der Waals surface area contributed by atoms with Crippen LogP contribution in [-0.4, -0.2) is 116 Å². The smallest absolute Gasteiger partial charge is 0.162 e. The van der Waals surface area contributed by atoms with Gasteiger partial charge in [0.1, 0.15) is 34.3 Å². The molecule has 22 heteroatoms. The molecule has 0 spiro atoms. The molecule has 0 saturated carbocycles. The van der Waals surface area contributed by atoms with Gasteiger partial charge in [-0.15, -0.1) is 0 Å². The van der Waals surface area contributed by atoms with E-state index in [2.05, 4.69) is 105 Å². The highest BCUT2D eigenvalue weighted by Crippen LogP contribution is 2.46. The van der Waals surface area contributed by atoms with E-state index in [0.29, 0.717) is 0 Å². The Balaban J connectivity index is 0.000000142. The van der Waals surface area contributed by atoms with Crippen molar-refractivity contribution in [2.24, 2.45) is 7.05 Å². The molecule has 0 amide bonds. The molecule has 0 atom stereocenters. The standard InChI is InChI=1S/C25H28N4O.C24H22N6O.C21H19N3O2.C19H18N4O.6CH4/c1-3-29(4-2)15-22-24-21(27-28-22)14-13-20-23(24)18-7-5-6-8-19(18)25(26-20)16-9-11-17(30)12-10-16;1-30-13-12-20(29-30)26-24-22-19(27-28-24)11-10-18-21(22)16-4-2-3-5-17(16)23(25-18)14-6-8-15(31)9-7-14;1-26-18-10-17-19(16-11-22-24-21(16)18)14-4-2-3-5-15(14)20(23-17)12-6-8-13(25)9-7-12;1-10-17(11(2)24-23-10)19-13-6-4-3-5-12(13)18-14-9-20-22-15(14)7-8-16(18)21-19;;;;;;/h9-14,30H,3-8,15H2,1-2H3,(H,27,28);6-13,31H,2-5H2,1H3,(H2,26,27,28,29);6-11,25H,2-5H2,1H3,(H,22,24);7-9H,3-6H2,1-2H3,(H,20,22);6*1H4. The molecule has 17 aromatic rings. The zero-order chi connectivity index (χ0) is 75.5. The van der Waals surface area contributed by atoms with Crippen LogP contribution >= 0.6 is 0 Å². The second kappa shape index (κ2) is 35.3. The summed E-state index contributed by atoms with van der Waals surface area (Å²) in [6, 6.07) is 38.5. The number of hydrogen-bond donors (Lipinski definition) is 8. The number of ether oxygens (including phenoxy) is 1. The van der Waals surface area contributed by atoms with Gasteiger partial charge < -0.3 is 29.9 Å². The number of phenolic OH excluding ortho intramolecular Hbond substituents is 3. The van der Waals surface area contributed by atoms with E-state index in [1.165, 1.54) is 127 Å². The number of nitrogens with one attached hydrogen (secondary N) is 5. The van der Waals surface area contributed by atoms with Crippen LogP contribution in [-0.2, 0) is 65.0 Å². The molecule has 10 heterocycles. The Morgan fingerprint density at radius 2 is 0.906 bits per heavy atom. The van der Waals surface area contributed by atoms with Crippen molar-refractivity contribution < 1.29 is 24.6 Å². The van der Waals surface area contributed by atoms with Gasteiger partial charge in [0.2, 0.25) is 0 Å². The number of phenols is 3. The molecule has 117 heavy (non-hydrogen) atoms. The number of aryl methyl sites for hydroxylation is 7. The summed E-state index contributed by atoms with van der Waals surface area (Å²) in [6.45, 7) is 11.3. The molecule has 0 bridgehead atoms. The van der Waals surface area contributed by atoms with Crippen molar-refractivity contribution in [2.75, 3.05) is 25.5 Å². The molecule has 4 aliphatic rings. The quantitative estimate of drug-likeness (QED) is 0.0597. The molecule has 606 valence electrons. The fourth-order valence-corrected chi connectivity index (χ4v) is 17.7. The topological polar surface area (TPSA) is 295 Å². The molecule has 21 rings (SSSR count). The Morgan fingerprint density at radius 1 is 0.462 bits per heavy atom. The fourth-order valence-electron chi connectivity index (χ4n) is 17.7. The summed E-state index contributed by atoms with van der Waals surface area (Å²) < 4.78 is 12.7. The molecule has 0 radical (unpaired) electrons. The van der Waals surface area contributed by atoms with Crippen molar-refractivity contribution in [2.45, 2.75) is 182 Å². The number of aromatic hydroxyl groups is 3. The summed E-state index contributed by atoms with van der Waals surface area (Å²) in [5.41, 5.74) is 29.3. The molecule has 4 aliphatic carbocycles. The maximum absolute atomic E-state index is 9.72. The molecule has 7 aromatic carbocycles. The minimum atomic E-state index is 0. The minimum absolute atomic E-state index is 0. The van der Waals surface area contributed by atoms with Crippen LogP contribution < -0.4 is 10.1 Å². The Morgan fingerprint density at radius 3 is 1.41 bits per heavy atom. The van der Waals surface area contributed by atoms with Crippen molar-refractivity contribution in [1.82, 2.24) is 80.6 Å². The van der Waals surface area contributed by atoms with Crippen LogP contribution in [0.3, 0.4) is 0 Å². The number of rotatable bonds is 11. The van der Waals surface area contributed by atoms with Crippen LogP contribution in [0, 0.1) is 13.8 Å². The molecule has 0 fully saturated rings. The van der Waals surface area contributed by atoms with E-state index in [-0.39, 0.29) is 61.8 Å². The molecule has 10 aromatic heterocycles. The number of fused-ring (bicyclic) bond motifs is 20. The lowest BCUT2D eigenvalue weighted by Gasteiger charge is -2.22. The van der Waals surface area contributed by atoms with Crippen LogP contribution in [0.4, 0.5) is 11.6 Å². The SMILES string of the molecule is C.C.C.C.C.C.CCN(CC)Cc1[nH]nc2ccc3nc(-c4ccc(O)cc4)c4c(c3c12)CCCC4.COc1cc2nc(-c3ccc(O)cc3)c3c(c2c2cn[nH]c12)CCCC3.Cc1noc(C)c1-c1nc2ccc3[nH]ncc3c2c2c1CCCC2.Cn1ccc(Nc2n[nH]c3ccc4nc(-c5ccc(O)cc5)c5c(c4c23)CCCC5)n1. The maximum Gasteiger partial charge on any atom is 0.162 e. The average molecular weight is 1570 g/mol. The van der Waals surface area contributed by atoms with E-state index >= 15 is 0 Å². The van der Waals surface area contributed by atoms with Gasteiger partial charge in [-0.05, 0) is 283 Å². The number of methoxy groups -OCH3 is 1. The third-order valence-electron chi connectivity index (χ3n) is 23.1. The minimum Gasteiger partial charge on any atom is -0.508 e. The lowest BCUT2D eigenvalue weighted by Crippen LogP contribution is -2.22. The predicted molar refractivity (Wildman–Crippen MR) is 478 cm³/mol. The van der Waals surface area contributed by atoms with Crippen molar-refractivity contribution in [3.63, 3.8) is 0 Å². The van der Waals surface area contributed by atoms with Gasteiger partial charge in [0.25, 0.3) is 0 Å². The van der Waals surface area contributed by atoms with Gasteiger partial charge in [-0.25, -0.2) is 19.9 Å². The Labute approximate surface area is 684 Å². The van der Waals surface area contributed by atoms with E-state index in [0.717, 1.165) is 206 Å². The Bertz CT molecular complexity index is 6380. The summed E-state index contributed by atoms with van der Waals surface area (Å²) in [7, 11) is 3.56. The molecular weight excluding hydrogens is 1460 g/mol. The fraction of sp³-hybridized carbons (Fsp3) is 0.326. The highest BCUT2D eigenvalue weighted by Gasteiger charge is 2.29. The predicted octanol–water partition coefficient (Wildman–Crippen LogP) is 22.5. The summed E-state index contributed by atoms with van der Waals surface area (Å²) >= 11 is 0. The highest BCUT2D eigenvalue weighted by atomic mass is 16.5. The van der Waals surface area contributed by atoms with Gasteiger partial charge in [0, 0.05) is 86.3 Å². The third-order valence-corrected chi connectivity index (χ3v) is 23.1. The molecule has 0 aliphatic heterocycles. The number of anilines is 2. The van der Waals surface area contributed by atoms with Gasteiger partial charge >= 0.3 is 0 Å². The molecule has 0 saturated heterocycles. The second-order valence-electron chi connectivity index (χ2n) is 29.7. The van der Waals surface area contributed by atoms with Crippen molar-refractivity contribution >= 4 is 98.9 Å². The maximum atomic E-state index is 9.72. The van der Waals surface area contributed by atoms with Gasteiger partial charge in [0.05, 0.1) is 103 Å². The largest absolute Gasteiger partial charge is 0.508 e. The number of benzene rings is 7. The Hall–Kier alpha value is -12.6. The zero-order valence-corrected chi connectivity index (χ0v) is 63.2. The van der Waals surface area contributed by atoms with Gasteiger partial charge in [-0.1, -0.05) is 63.6 Å². The van der Waals surface area contributed by atoms with Crippen LogP contribution in [0.2, 0.25) is 0 Å². The highest BCUT2D eigenvalue weighted by molar-refractivity contribution is 6.15. The van der Waals surface area contributed by atoms with E-state index < -0.39 is 0 Å². The third kappa shape index (κ3) is 15.5. The first kappa shape index (κ1) is 83.9. The van der Waals surface area contributed by atoms with E-state index in [4.69, 9.17) is 29.2 Å². The number of pyridine rings is 4. The second-order valence-corrected chi connectivity index (χ2v) is 29.7. The number of nitrogens with zero attached hydrogens (tertiary/aromatic N) is 12. The first-order chi connectivity index (χ1) is 54.4. The monoisotopic (exact) mass is 1570 g/mol. The Kier molecular flexibility index (Phi) is 25.3. The molecule has 0 unspecified atom stereocenters. The first-order valence-electron chi connectivity index (χ1n) is 38.9. The van der Waals surface area contributed by atoms with Crippen LogP contribution in [0.15, 0.2) is 144 Å². The van der Waals surface area contributed by atoms with Crippen molar-refractivity contribution in [3.8, 4) is 68.0 Å². The summed E-state index contributed by atoms with van der Waals surface area (Å²) in [6.07, 6.45) is 23.6. The van der Waals surface area contributed by atoms with E-state index in [9.17, 15) is 15.3 Å². The van der Waals surface area contributed by atoms with Gasteiger partial charge in [-0.3, -0.25) is 30.0 Å². The van der Waals surface area contributed by atoms with Crippen LogP contribution in [0.25, 0.3) is 132 Å². The van der Waals surface area contributed by atoms with Gasteiger partial charge in [0.15, 0.2) is 11.6 Å². The lowest BCUT2D eigenvalue weighted by atomic mass is 9.85. The van der Waals surface area contributed by atoms with Gasteiger partial charge in [-0.2, -0.15) is 25.5 Å². The first-order valence-corrected chi connectivity index (χ1v) is 38.9. The van der Waals surface area contributed by atoms with E-state index in [1.54, 1.807) is 48.2 Å². The summed E-state index contributed by atoms with van der Waals surface area (Å²) in [5, 5.41) is 80.7. The normalized spacial score (nSPS) is 13.2. The number of aromatic amines is 4. The zero-order valence-electron chi connectivity index (χ0n) is 63.2. The van der Waals surface area contributed by atoms with Crippen molar-refractivity contribution in [3.05, 3.63) is 202 Å². The number of aromatic nitrogens is 15. The molecular formula is C95H111N17O5. The molecule has 22 nitrogen and oxygen atoms in total. The average Bonchev–Trinajstić information content (AvgIpc) is 1.57. The van der Waals surface area contributed by atoms with Crippen molar-refractivity contribution in [1.29, 1.82) is 0 Å². The summed E-state index contributed by atoms with van der Waals surface area (Å²) in [4.78, 5) is 22.7.